The molecule has 2 heterocycles. The summed E-state index contributed by atoms with van der Waals surface area (Å²) in [6.07, 6.45) is 2.42. The number of amides is 2. The van der Waals surface area contributed by atoms with Crippen LogP contribution in [-0.4, -0.2) is 22.9 Å². The largest absolute Gasteiger partial charge is 0.478 e. The Kier molecular flexibility index (Phi) is 2.71. The van der Waals surface area contributed by atoms with Crippen LogP contribution in [0.4, 0.5) is 5.00 Å². The number of carboxylic acid groups (broad SMARTS) is 1. The van der Waals surface area contributed by atoms with Gasteiger partial charge in [-0.15, -0.1) is 11.3 Å². The number of hydrogen-bond acceptors (Lipinski definition) is 4. The molecular weight excluding hydrogens is 302 g/mol. The van der Waals surface area contributed by atoms with Crippen molar-refractivity contribution in [2.24, 2.45) is 0 Å². The lowest BCUT2D eigenvalue weighted by Crippen LogP contribution is -2.30. The zero-order chi connectivity index (χ0) is 15.4. The van der Waals surface area contributed by atoms with E-state index >= 15 is 0 Å². The maximum absolute atomic E-state index is 12.5. The Morgan fingerprint density at radius 1 is 1.09 bits per heavy atom. The number of carboxylic acids is 1. The second-order valence-electron chi connectivity index (χ2n) is 5.33. The smallest absolute Gasteiger partial charge is 0.339 e. The molecule has 0 saturated carbocycles. The molecule has 0 unspecified atom stereocenters. The predicted octanol–water partition coefficient (Wildman–Crippen LogP) is 2.74. The number of benzene rings is 1. The van der Waals surface area contributed by atoms with Gasteiger partial charge in [0.05, 0.1) is 16.7 Å². The van der Waals surface area contributed by atoms with E-state index in [9.17, 15) is 19.5 Å². The summed E-state index contributed by atoms with van der Waals surface area (Å²) >= 11 is 1.26. The van der Waals surface area contributed by atoms with Crippen LogP contribution < -0.4 is 4.90 Å². The number of nitrogens with zero attached hydrogens (tertiary/aromatic N) is 1. The van der Waals surface area contributed by atoms with Gasteiger partial charge in [0.25, 0.3) is 11.8 Å². The first kappa shape index (κ1) is 13.2. The molecule has 0 fully saturated rings. The number of hydrogen-bond donors (Lipinski definition) is 1. The zero-order valence-corrected chi connectivity index (χ0v) is 12.3. The van der Waals surface area contributed by atoms with Gasteiger partial charge in [-0.05, 0) is 37.0 Å². The van der Waals surface area contributed by atoms with Crippen molar-refractivity contribution in [3.63, 3.8) is 0 Å². The highest BCUT2D eigenvalue weighted by Gasteiger charge is 2.41. The van der Waals surface area contributed by atoms with Gasteiger partial charge >= 0.3 is 5.97 Å². The van der Waals surface area contributed by atoms with Gasteiger partial charge < -0.3 is 5.11 Å². The van der Waals surface area contributed by atoms with Gasteiger partial charge in [-0.1, -0.05) is 12.1 Å². The first-order valence-corrected chi connectivity index (χ1v) is 7.77. The molecule has 5 nitrogen and oxygen atoms in total. The molecule has 0 atom stereocenters. The highest BCUT2D eigenvalue weighted by molar-refractivity contribution is 7.17. The summed E-state index contributed by atoms with van der Waals surface area (Å²) in [7, 11) is 0. The number of carbonyl (C=O) groups is 3. The normalized spacial score (nSPS) is 16.1. The van der Waals surface area contributed by atoms with E-state index in [0.717, 1.165) is 28.2 Å². The van der Waals surface area contributed by atoms with Crippen molar-refractivity contribution in [2.45, 2.75) is 19.3 Å². The first-order valence-electron chi connectivity index (χ1n) is 6.95. The van der Waals surface area contributed by atoms with Crippen LogP contribution in [0, 0.1) is 0 Å². The summed E-state index contributed by atoms with van der Waals surface area (Å²) in [4.78, 5) is 38.7. The number of anilines is 1. The molecule has 1 aliphatic heterocycles. The number of thiophene rings is 1. The van der Waals surface area contributed by atoms with E-state index in [0.29, 0.717) is 17.5 Å². The molecule has 2 aromatic rings. The van der Waals surface area contributed by atoms with Crippen LogP contribution in [-0.2, 0) is 12.8 Å². The van der Waals surface area contributed by atoms with Crippen molar-refractivity contribution in [1.82, 2.24) is 0 Å². The summed E-state index contributed by atoms with van der Waals surface area (Å²) in [6.45, 7) is 0. The third kappa shape index (κ3) is 1.61. The van der Waals surface area contributed by atoms with Crippen molar-refractivity contribution in [3.05, 3.63) is 51.4 Å². The fourth-order valence-corrected chi connectivity index (χ4v) is 4.52. The summed E-state index contributed by atoms with van der Waals surface area (Å²) < 4.78 is 0. The fraction of sp³-hybridized carbons (Fsp3) is 0.188. The molecule has 1 aliphatic carbocycles. The van der Waals surface area contributed by atoms with Gasteiger partial charge in [-0.3, -0.25) is 9.59 Å². The molecule has 110 valence electrons. The van der Waals surface area contributed by atoms with E-state index in [4.69, 9.17) is 0 Å². The van der Waals surface area contributed by atoms with Gasteiger partial charge in [0.15, 0.2) is 0 Å². The first-order chi connectivity index (χ1) is 10.6. The average molecular weight is 313 g/mol. The van der Waals surface area contributed by atoms with Crippen molar-refractivity contribution in [3.8, 4) is 0 Å². The second kappa shape index (κ2) is 4.51. The Morgan fingerprint density at radius 2 is 1.73 bits per heavy atom. The van der Waals surface area contributed by atoms with E-state index in [-0.39, 0.29) is 10.6 Å². The van der Waals surface area contributed by atoms with E-state index in [2.05, 4.69) is 0 Å². The fourth-order valence-electron chi connectivity index (χ4n) is 3.14. The lowest BCUT2D eigenvalue weighted by Gasteiger charge is -2.13. The maximum Gasteiger partial charge on any atom is 0.339 e. The Balaban J connectivity index is 1.90. The molecule has 0 radical (unpaired) electrons. The lowest BCUT2D eigenvalue weighted by molar-refractivity contribution is 0.0697. The van der Waals surface area contributed by atoms with Crippen molar-refractivity contribution in [2.75, 3.05) is 4.90 Å². The topological polar surface area (TPSA) is 74.7 Å². The third-order valence-corrected chi connectivity index (χ3v) is 5.39. The molecule has 22 heavy (non-hydrogen) atoms. The van der Waals surface area contributed by atoms with Crippen LogP contribution in [0.3, 0.4) is 0 Å². The van der Waals surface area contributed by atoms with Crippen LogP contribution in [0.2, 0.25) is 0 Å². The standard InChI is InChI=1S/C16H11NO4S/c18-13-8-4-1-2-5-9(8)14(19)17(13)15-12(16(20)21)10-6-3-7-11(10)22-15/h1-2,4-5H,3,6-7H2,(H,20,21). The molecule has 0 spiro atoms. The lowest BCUT2D eigenvalue weighted by atomic mass is 10.1. The van der Waals surface area contributed by atoms with Crippen molar-refractivity contribution >= 4 is 34.1 Å². The minimum Gasteiger partial charge on any atom is -0.478 e. The number of rotatable bonds is 2. The molecule has 6 heteroatoms. The second-order valence-corrected chi connectivity index (χ2v) is 6.42. The Morgan fingerprint density at radius 3 is 2.32 bits per heavy atom. The van der Waals surface area contributed by atoms with Gasteiger partial charge in [0, 0.05) is 4.88 Å². The monoisotopic (exact) mass is 313 g/mol. The summed E-state index contributed by atoms with van der Waals surface area (Å²) in [6, 6.07) is 6.58. The van der Waals surface area contributed by atoms with E-state index in [1.165, 1.54) is 11.3 Å². The van der Waals surface area contributed by atoms with Gasteiger partial charge in [0.2, 0.25) is 0 Å². The Hall–Kier alpha value is -2.47. The summed E-state index contributed by atoms with van der Waals surface area (Å²) in [5, 5.41) is 9.78. The van der Waals surface area contributed by atoms with E-state index in [1.54, 1.807) is 24.3 Å². The van der Waals surface area contributed by atoms with Crippen LogP contribution in [0.1, 0.15) is 47.9 Å². The SMILES string of the molecule is O=C(O)c1c(N2C(=O)c3ccccc3C2=O)sc2c1CCC2. The van der Waals surface area contributed by atoms with Crippen LogP contribution in [0.5, 0.6) is 0 Å². The molecular formula is C16H11NO4S. The van der Waals surface area contributed by atoms with Crippen molar-refractivity contribution in [1.29, 1.82) is 0 Å². The molecule has 2 amide bonds. The number of aromatic carboxylic acids is 1. The summed E-state index contributed by atoms with van der Waals surface area (Å²) in [5.41, 5.74) is 1.56. The third-order valence-electron chi connectivity index (χ3n) is 4.11. The molecule has 1 N–H and O–H groups in total. The molecule has 2 aliphatic rings. The van der Waals surface area contributed by atoms with Crippen LogP contribution >= 0.6 is 11.3 Å². The highest BCUT2D eigenvalue weighted by atomic mass is 32.1. The molecule has 1 aromatic heterocycles. The number of aryl methyl sites for hydroxylation is 1. The zero-order valence-electron chi connectivity index (χ0n) is 11.5. The van der Waals surface area contributed by atoms with E-state index < -0.39 is 17.8 Å². The summed E-state index contributed by atoms with van der Waals surface area (Å²) in [5.74, 6) is -1.96. The van der Waals surface area contributed by atoms with Crippen molar-refractivity contribution < 1.29 is 19.5 Å². The van der Waals surface area contributed by atoms with Crippen LogP contribution in [0.25, 0.3) is 0 Å². The highest BCUT2D eigenvalue weighted by Crippen LogP contribution is 2.43. The quantitative estimate of drug-likeness (QED) is 0.865. The predicted molar refractivity (Wildman–Crippen MR) is 80.9 cm³/mol. The average Bonchev–Trinajstić information content (AvgIpc) is 3.12. The Labute approximate surface area is 129 Å². The van der Waals surface area contributed by atoms with Gasteiger partial charge in [-0.25, -0.2) is 9.69 Å². The number of carbonyl (C=O) groups excluding carboxylic acids is 2. The van der Waals surface area contributed by atoms with Crippen LogP contribution in [0.15, 0.2) is 24.3 Å². The number of fused-ring (bicyclic) bond motifs is 2. The Bertz CT molecular complexity index is 817. The number of imide groups is 1. The molecule has 0 saturated heterocycles. The minimum absolute atomic E-state index is 0.118. The maximum atomic E-state index is 12.5. The minimum atomic E-state index is -1.08. The molecule has 1 aromatic carbocycles. The molecule has 0 bridgehead atoms. The molecule has 4 rings (SSSR count). The van der Waals surface area contributed by atoms with Gasteiger partial charge in [-0.2, -0.15) is 0 Å². The van der Waals surface area contributed by atoms with E-state index in [1.807, 2.05) is 0 Å². The van der Waals surface area contributed by atoms with Gasteiger partial charge in [0.1, 0.15) is 5.00 Å².